The molecule has 1 aromatic heterocycles. The molecule has 3 N–H and O–H groups in total. The molecule has 0 aliphatic heterocycles. The van der Waals surface area contributed by atoms with Crippen LogP contribution in [0.3, 0.4) is 0 Å². The predicted octanol–water partition coefficient (Wildman–Crippen LogP) is 3.49. The van der Waals surface area contributed by atoms with Crippen molar-refractivity contribution in [3.05, 3.63) is 78.3 Å². The molecule has 0 fully saturated rings. The number of benzene rings is 2. The number of hydrogen-bond acceptors (Lipinski definition) is 4. The van der Waals surface area contributed by atoms with E-state index >= 15 is 0 Å². The Morgan fingerprint density at radius 1 is 0.792 bits per heavy atom. The third kappa shape index (κ3) is 3.44. The molecule has 0 aliphatic rings. The fourth-order valence-corrected chi connectivity index (χ4v) is 2.10. The lowest BCUT2D eigenvalue weighted by Gasteiger charge is -2.08. The molecule has 0 spiro atoms. The Bertz CT molecular complexity index is 855. The van der Waals surface area contributed by atoms with E-state index in [1.54, 1.807) is 48.5 Å². The second kappa shape index (κ2) is 6.70. The van der Waals surface area contributed by atoms with E-state index in [2.05, 4.69) is 10.6 Å². The fourth-order valence-electron chi connectivity index (χ4n) is 2.10. The molecule has 0 bridgehead atoms. The van der Waals surface area contributed by atoms with Crippen molar-refractivity contribution in [3.8, 4) is 5.75 Å². The predicted molar refractivity (Wildman–Crippen MR) is 89.2 cm³/mol. The van der Waals surface area contributed by atoms with Gasteiger partial charge in [-0.3, -0.25) is 9.59 Å². The van der Waals surface area contributed by atoms with Gasteiger partial charge >= 0.3 is 0 Å². The lowest BCUT2D eigenvalue weighted by molar-refractivity contribution is 0.0994. The van der Waals surface area contributed by atoms with Gasteiger partial charge in [-0.05, 0) is 48.5 Å². The van der Waals surface area contributed by atoms with E-state index < -0.39 is 5.91 Å². The zero-order chi connectivity index (χ0) is 16.9. The molecule has 1 heterocycles. The van der Waals surface area contributed by atoms with Gasteiger partial charge in [0.05, 0.1) is 11.8 Å². The van der Waals surface area contributed by atoms with E-state index in [1.807, 2.05) is 0 Å². The van der Waals surface area contributed by atoms with Crippen molar-refractivity contribution in [2.24, 2.45) is 0 Å². The zero-order valence-electron chi connectivity index (χ0n) is 12.5. The smallest absolute Gasteiger partial charge is 0.291 e. The zero-order valence-corrected chi connectivity index (χ0v) is 12.5. The van der Waals surface area contributed by atoms with Crippen molar-refractivity contribution in [1.82, 2.24) is 0 Å². The largest absolute Gasteiger partial charge is 0.507 e. The Balaban J connectivity index is 1.65. The minimum Gasteiger partial charge on any atom is -0.507 e. The molecule has 0 aliphatic carbocycles. The first-order valence-corrected chi connectivity index (χ1v) is 7.18. The average molecular weight is 322 g/mol. The van der Waals surface area contributed by atoms with Crippen LogP contribution in [0.1, 0.15) is 20.9 Å². The van der Waals surface area contributed by atoms with Crippen molar-refractivity contribution in [3.63, 3.8) is 0 Å². The van der Waals surface area contributed by atoms with Gasteiger partial charge in [0.25, 0.3) is 11.8 Å². The average Bonchev–Trinajstić information content (AvgIpc) is 3.11. The molecule has 0 atom stereocenters. The molecule has 0 saturated heterocycles. The second-order valence-electron chi connectivity index (χ2n) is 4.98. The van der Waals surface area contributed by atoms with E-state index in [9.17, 15) is 14.7 Å². The van der Waals surface area contributed by atoms with Crippen molar-refractivity contribution < 1.29 is 19.1 Å². The highest BCUT2D eigenvalue weighted by atomic mass is 16.3. The maximum Gasteiger partial charge on any atom is 0.291 e. The first-order chi connectivity index (χ1) is 11.6. The standard InChI is InChI=1S/C18H14N2O4/c21-15-5-2-1-4-14(15)17(22)19-12-7-9-13(10-8-12)20-18(23)16-6-3-11-24-16/h1-11,21H,(H,19,22)(H,20,23). The monoisotopic (exact) mass is 322 g/mol. The van der Waals surface area contributed by atoms with E-state index in [0.717, 1.165) is 0 Å². The van der Waals surface area contributed by atoms with Crippen LogP contribution in [0.4, 0.5) is 11.4 Å². The van der Waals surface area contributed by atoms with Crippen LogP contribution in [-0.4, -0.2) is 16.9 Å². The van der Waals surface area contributed by atoms with Gasteiger partial charge in [0.15, 0.2) is 5.76 Å². The minimum absolute atomic E-state index is 0.0858. The number of aromatic hydroxyl groups is 1. The highest BCUT2D eigenvalue weighted by Crippen LogP contribution is 2.19. The molecular formula is C18H14N2O4. The number of carbonyl (C=O) groups excluding carboxylic acids is 2. The molecule has 120 valence electrons. The number of carbonyl (C=O) groups is 2. The topological polar surface area (TPSA) is 91.6 Å². The SMILES string of the molecule is O=C(Nc1ccc(NC(=O)c2ccccc2O)cc1)c1ccco1. The third-order valence-corrected chi connectivity index (χ3v) is 3.29. The Labute approximate surface area is 137 Å². The number of phenolic OH excluding ortho intramolecular Hbond substituents is 1. The van der Waals surface area contributed by atoms with Gasteiger partial charge in [-0.15, -0.1) is 0 Å². The highest BCUT2D eigenvalue weighted by molar-refractivity contribution is 6.06. The van der Waals surface area contributed by atoms with Gasteiger partial charge in [0.1, 0.15) is 5.75 Å². The summed E-state index contributed by atoms with van der Waals surface area (Å²) in [5, 5.41) is 15.0. The Morgan fingerprint density at radius 2 is 1.42 bits per heavy atom. The van der Waals surface area contributed by atoms with Gasteiger partial charge in [-0.2, -0.15) is 0 Å². The molecule has 2 amide bonds. The maximum atomic E-state index is 12.1. The molecule has 0 unspecified atom stereocenters. The van der Waals surface area contributed by atoms with E-state index in [4.69, 9.17) is 4.42 Å². The van der Waals surface area contributed by atoms with Gasteiger partial charge in [0.2, 0.25) is 0 Å². The van der Waals surface area contributed by atoms with Gasteiger partial charge in [-0.1, -0.05) is 12.1 Å². The fraction of sp³-hybridized carbons (Fsp3) is 0. The molecule has 0 radical (unpaired) electrons. The highest BCUT2D eigenvalue weighted by Gasteiger charge is 2.11. The van der Waals surface area contributed by atoms with Crippen LogP contribution in [0.5, 0.6) is 5.75 Å². The quantitative estimate of drug-likeness (QED) is 0.685. The van der Waals surface area contributed by atoms with E-state index in [1.165, 1.54) is 18.4 Å². The number of anilines is 2. The van der Waals surface area contributed by atoms with Crippen LogP contribution in [-0.2, 0) is 0 Å². The van der Waals surface area contributed by atoms with Crippen molar-refractivity contribution in [2.45, 2.75) is 0 Å². The van der Waals surface area contributed by atoms with Crippen molar-refractivity contribution in [1.29, 1.82) is 0 Å². The van der Waals surface area contributed by atoms with Crippen molar-refractivity contribution in [2.75, 3.05) is 10.6 Å². The summed E-state index contributed by atoms with van der Waals surface area (Å²) in [6.45, 7) is 0. The second-order valence-corrected chi connectivity index (χ2v) is 4.98. The first-order valence-electron chi connectivity index (χ1n) is 7.18. The van der Waals surface area contributed by atoms with Crippen LogP contribution < -0.4 is 10.6 Å². The number of para-hydroxylation sites is 1. The summed E-state index contributed by atoms with van der Waals surface area (Å²) in [6.07, 6.45) is 1.42. The summed E-state index contributed by atoms with van der Waals surface area (Å²) in [5.74, 6) is -0.643. The van der Waals surface area contributed by atoms with E-state index in [-0.39, 0.29) is 23.0 Å². The molecule has 3 aromatic rings. The van der Waals surface area contributed by atoms with E-state index in [0.29, 0.717) is 11.4 Å². The number of furan rings is 1. The number of rotatable bonds is 4. The maximum absolute atomic E-state index is 12.1. The summed E-state index contributed by atoms with van der Waals surface area (Å²) < 4.78 is 5.01. The Kier molecular flexibility index (Phi) is 4.29. The Morgan fingerprint density at radius 3 is 2.00 bits per heavy atom. The van der Waals surface area contributed by atoms with Crippen LogP contribution in [0.15, 0.2) is 71.3 Å². The number of phenols is 1. The van der Waals surface area contributed by atoms with Crippen LogP contribution in [0, 0.1) is 0 Å². The number of hydrogen-bond donors (Lipinski definition) is 3. The van der Waals surface area contributed by atoms with Gasteiger partial charge in [0, 0.05) is 11.4 Å². The first kappa shape index (κ1) is 15.4. The normalized spacial score (nSPS) is 10.2. The van der Waals surface area contributed by atoms with Crippen LogP contribution >= 0.6 is 0 Å². The lowest BCUT2D eigenvalue weighted by Crippen LogP contribution is -2.13. The van der Waals surface area contributed by atoms with Gasteiger partial charge in [-0.25, -0.2) is 0 Å². The van der Waals surface area contributed by atoms with Crippen LogP contribution in [0.2, 0.25) is 0 Å². The lowest BCUT2D eigenvalue weighted by atomic mass is 10.2. The molecule has 6 heteroatoms. The molecular weight excluding hydrogens is 308 g/mol. The van der Waals surface area contributed by atoms with Crippen LogP contribution in [0.25, 0.3) is 0 Å². The number of nitrogens with one attached hydrogen (secondary N) is 2. The molecule has 2 aromatic carbocycles. The number of amides is 2. The summed E-state index contributed by atoms with van der Waals surface area (Å²) in [5.41, 5.74) is 1.30. The summed E-state index contributed by atoms with van der Waals surface area (Å²) >= 11 is 0. The third-order valence-electron chi connectivity index (χ3n) is 3.29. The summed E-state index contributed by atoms with van der Waals surface area (Å²) in [6, 6.07) is 16.1. The molecule has 24 heavy (non-hydrogen) atoms. The molecule has 0 saturated carbocycles. The summed E-state index contributed by atoms with van der Waals surface area (Å²) in [7, 11) is 0. The molecule has 6 nitrogen and oxygen atoms in total. The minimum atomic E-state index is -0.416. The molecule has 3 rings (SSSR count). The summed E-state index contributed by atoms with van der Waals surface area (Å²) in [4.78, 5) is 24.0. The Hall–Kier alpha value is -3.54. The van der Waals surface area contributed by atoms with Gasteiger partial charge < -0.3 is 20.2 Å². The van der Waals surface area contributed by atoms with Crippen molar-refractivity contribution >= 4 is 23.2 Å².